The smallest absolute Gasteiger partial charge is 0.0931 e. The fraction of sp³-hybridized carbons (Fsp3) is 0.667. The molecule has 0 unspecified atom stereocenters. The molecule has 2 saturated heterocycles. The van der Waals surface area contributed by atoms with Gasteiger partial charge in [-0.3, -0.25) is 0 Å². The number of rotatable bonds is 2. The minimum atomic E-state index is 0.278. The molecule has 0 atom stereocenters. The van der Waals surface area contributed by atoms with E-state index in [9.17, 15) is 0 Å². The van der Waals surface area contributed by atoms with Crippen LogP contribution in [-0.4, -0.2) is 26.3 Å². The zero-order valence-electron chi connectivity index (χ0n) is 9.17. The molecule has 16 heavy (non-hydrogen) atoms. The molecule has 4 heteroatoms. The predicted octanol–water partition coefficient (Wildman–Crippen LogP) is 2.67. The number of halogens is 1. The van der Waals surface area contributed by atoms with Gasteiger partial charge in [-0.05, 0) is 44.0 Å². The second kappa shape index (κ2) is 4.30. The molecule has 2 aliphatic rings. The highest BCUT2D eigenvalue weighted by molar-refractivity contribution is 7.16. The lowest BCUT2D eigenvalue weighted by Crippen LogP contribution is -2.54. The van der Waals surface area contributed by atoms with Crippen LogP contribution in [-0.2, 0) is 10.2 Å². The number of thiophene rings is 1. The van der Waals surface area contributed by atoms with Gasteiger partial charge in [0.25, 0.3) is 0 Å². The quantitative estimate of drug-likeness (QED) is 0.880. The molecule has 3 rings (SSSR count). The second-order valence-corrected chi connectivity index (χ2v) is 6.49. The summed E-state index contributed by atoms with van der Waals surface area (Å²) in [4.78, 5) is 1.43. The average molecular weight is 258 g/mol. The Hall–Kier alpha value is -0.0900. The van der Waals surface area contributed by atoms with Gasteiger partial charge in [-0.15, -0.1) is 11.3 Å². The van der Waals surface area contributed by atoms with E-state index in [1.165, 1.54) is 17.7 Å². The molecule has 1 aromatic rings. The molecule has 0 aliphatic carbocycles. The first kappa shape index (κ1) is 11.0. The highest BCUT2D eigenvalue weighted by Gasteiger charge is 2.47. The van der Waals surface area contributed by atoms with Crippen LogP contribution in [0.15, 0.2) is 12.1 Å². The third kappa shape index (κ3) is 1.70. The Morgan fingerprint density at radius 2 is 2.06 bits per heavy atom. The molecule has 2 aliphatic heterocycles. The molecule has 1 N–H and O–H groups in total. The monoisotopic (exact) mass is 257 g/mol. The van der Waals surface area contributed by atoms with Crippen molar-refractivity contribution in [1.82, 2.24) is 5.32 Å². The third-order valence-corrected chi connectivity index (χ3v) is 5.35. The first-order chi connectivity index (χ1) is 7.81. The Bertz CT molecular complexity index is 369. The molecule has 2 fully saturated rings. The molecular formula is C12H16ClNOS. The Balaban J connectivity index is 1.87. The van der Waals surface area contributed by atoms with Crippen LogP contribution < -0.4 is 5.32 Å². The predicted molar refractivity (Wildman–Crippen MR) is 67.4 cm³/mol. The summed E-state index contributed by atoms with van der Waals surface area (Å²) in [5, 5.41) is 3.43. The van der Waals surface area contributed by atoms with Crippen LogP contribution in [0.3, 0.4) is 0 Å². The summed E-state index contributed by atoms with van der Waals surface area (Å²) in [7, 11) is 0. The molecule has 2 nitrogen and oxygen atoms in total. The van der Waals surface area contributed by atoms with Crippen molar-refractivity contribution in [3.8, 4) is 0 Å². The van der Waals surface area contributed by atoms with Gasteiger partial charge in [0.2, 0.25) is 0 Å². The fourth-order valence-electron chi connectivity index (χ4n) is 2.86. The van der Waals surface area contributed by atoms with E-state index in [4.69, 9.17) is 16.3 Å². The topological polar surface area (TPSA) is 21.3 Å². The van der Waals surface area contributed by atoms with Gasteiger partial charge in [-0.1, -0.05) is 11.6 Å². The maximum Gasteiger partial charge on any atom is 0.0931 e. The molecule has 1 aromatic heterocycles. The van der Waals surface area contributed by atoms with Crippen molar-refractivity contribution >= 4 is 22.9 Å². The highest BCUT2D eigenvalue weighted by atomic mass is 35.5. The summed E-state index contributed by atoms with van der Waals surface area (Å²) in [6.45, 7) is 4.06. The van der Waals surface area contributed by atoms with E-state index in [2.05, 4.69) is 11.4 Å². The van der Waals surface area contributed by atoms with Crippen molar-refractivity contribution in [3.63, 3.8) is 0 Å². The van der Waals surface area contributed by atoms with Crippen LogP contribution in [0.1, 0.15) is 17.7 Å². The molecule has 0 bridgehead atoms. The highest BCUT2D eigenvalue weighted by Crippen LogP contribution is 2.46. The lowest BCUT2D eigenvalue weighted by molar-refractivity contribution is -0.0944. The lowest BCUT2D eigenvalue weighted by atomic mass is 9.68. The summed E-state index contributed by atoms with van der Waals surface area (Å²) >= 11 is 7.78. The van der Waals surface area contributed by atoms with Crippen molar-refractivity contribution in [2.24, 2.45) is 5.92 Å². The van der Waals surface area contributed by atoms with Crippen molar-refractivity contribution in [2.75, 3.05) is 26.3 Å². The normalized spacial score (nSPS) is 25.3. The van der Waals surface area contributed by atoms with Crippen LogP contribution in [0.4, 0.5) is 0 Å². The number of nitrogens with one attached hydrogen (secondary N) is 1. The summed E-state index contributed by atoms with van der Waals surface area (Å²) in [6, 6.07) is 4.21. The van der Waals surface area contributed by atoms with Crippen molar-refractivity contribution in [2.45, 2.75) is 18.3 Å². The molecule has 3 heterocycles. The SMILES string of the molecule is Clc1ccc(C2(C3CCNCC3)COC2)s1. The first-order valence-electron chi connectivity index (χ1n) is 5.85. The lowest BCUT2D eigenvalue weighted by Gasteiger charge is -2.48. The van der Waals surface area contributed by atoms with Gasteiger partial charge in [-0.2, -0.15) is 0 Å². The summed E-state index contributed by atoms with van der Waals surface area (Å²) in [5.41, 5.74) is 0.278. The number of ether oxygens (including phenoxy) is 1. The van der Waals surface area contributed by atoms with E-state index in [0.717, 1.165) is 36.6 Å². The van der Waals surface area contributed by atoms with Crippen LogP contribution >= 0.6 is 22.9 Å². The molecular weight excluding hydrogens is 242 g/mol. The van der Waals surface area contributed by atoms with Gasteiger partial charge in [0.15, 0.2) is 0 Å². The summed E-state index contributed by atoms with van der Waals surface area (Å²) in [5.74, 6) is 0.761. The fourth-order valence-corrected chi connectivity index (χ4v) is 4.14. The van der Waals surface area contributed by atoms with Crippen molar-refractivity contribution in [1.29, 1.82) is 0 Å². The van der Waals surface area contributed by atoms with E-state index < -0.39 is 0 Å². The minimum absolute atomic E-state index is 0.278. The Labute approximate surface area is 105 Å². The average Bonchev–Trinajstić information content (AvgIpc) is 2.65. The second-order valence-electron chi connectivity index (χ2n) is 4.78. The van der Waals surface area contributed by atoms with Crippen LogP contribution in [0.25, 0.3) is 0 Å². The van der Waals surface area contributed by atoms with Crippen LogP contribution in [0.2, 0.25) is 4.34 Å². The Morgan fingerprint density at radius 1 is 1.31 bits per heavy atom. The van der Waals surface area contributed by atoms with Crippen molar-refractivity contribution < 1.29 is 4.74 Å². The van der Waals surface area contributed by atoms with E-state index in [0.29, 0.717) is 0 Å². The van der Waals surface area contributed by atoms with Gasteiger partial charge in [-0.25, -0.2) is 0 Å². The van der Waals surface area contributed by atoms with E-state index in [-0.39, 0.29) is 5.41 Å². The van der Waals surface area contributed by atoms with Crippen LogP contribution in [0, 0.1) is 5.92 Å². The molecule has 0 aromatic carbocycles. The van der Waals surface area contributed by atoms with Crippen molar-refractivity contribution in [3.05, 3.63) is 21.3 Å². The third-order valence-electron chi connectivity index (χ3n) is 3.90. The zero-order valence-corrected chi connectivity index (χ0v) is 10.7. The number of hydrogen-bond donors (Lipinski definition) is 1. The first-order valence-corrected chi connectivity index (χ1v) is 7.05. The maximum absolute atomic E-state index is 6.05. The van der Waals surface area contributed by atoms with E-state index in [1.807, 2.05) is 6.07 Å². The van der Waals surface area contributed by atoms with Gasteiger partial charge >= 0.3 is 0 Å². The minimum Gasteiger partial charge on any atom is -0.379 e. The zero-order chi connectivity index (χ0) is 11.0. The number of hydrogen-bond acceptors (Lipinski definition) is 3. The van der Waals surface area contributed by atoms with E-state index in [1.54, 1.807) is 11.3 Å². The summed E-state index contributed by atoms with van der Waals surface area (Å²) in [6.07, 6.45) is 2.53. The van der Waals surface area contributed by atoms with Gasteiger partial charge in [0.1, 0.15) is 0 Å². The largest absolute Gasteiger partial charge is 0.379 e. The Kier molecular flexibility index (Phi) is 2.96. The molecule has 0 saturated carbocycles. The Morgan fingerprint density at radius 3 is 2.56 bits per heavy atom. The summed E-state index contributed by atoms with van der Waals surface area (Å²) < 4.78 is 6.40. The van der Waals surface area contributed by atoms with Gasteiger partial charge in [0, 0.05) is 4.88 Å². The molecule has 88 valence electrons. The molecule has 0 radical (unpaired) electrons. The maximum atomic E-state index is 6.05. The van der Waals surface area contributed by atoms with Crippen LogP contribution in [0.5, 0.6) is 0 Å². The van der Waals surface area contributed by atoms with E-state index >= 15 is 0 Å². The van der Waals surface area contributed by atoms with Gasteiger partial charge in [0.05, 0.1) is 23.0 Å². The number of piperidine rings is 1. The molecule has 0 amide bonds. The molecule has 0 spiro atoms. The standard InChI is InChI=1S/C12H16ClNOS/c13-11-2-1-10(16-11)12(7-15-8-12)9-3-5-14-6-4-9/h1-2,9,14H,3-8H2. The van der Waals surface area contributed by atoms with Gasteiger partial charge < -0.3 is 10.1 Å².